The molecule has 0 heterocycles. The van der Waals surface area contributed by atoms with Gasteiger partial charge in [0, 0.05) is 32.6 Å². The molecule has 2 amide bonds. The fourth-order valence-corrected chi connectivity index (χ4v) is 4.33. The molecule has 0 saturated carbocycles. The minimum absolute atomic E-state index is 0.0638. The number of ether oxygens (including phenoxy) is 3. The maximum absolute atomic E-state index is 12.9. The molecular weight excluding hydrogens is 500 g/mol. The minimum Gasteiger partial charge on any atom is -0.493 e. The first kappa shape index (κ1) is 34.7. The number of methoxy groups -OCH3 is 2. The third-order valence-corrected chi connectivity index (χ3v) is 7.42. The minimum atomic E-state index is -1.07. The van der Waals surface area contributed by atoms with E-state index in [1.807, 2.05) is 32.0 Å². The van der Waals surface area contributed by atoms with E-state index in [1.165, 1.54) is 0 Å². The van der Waals surface area contributed by atoms with Crippen molar-refractivity contribution in [2.75, 3.05) is 34.0 Å². The molecule has 0 aliphatic heterocycles. The fraction of sp³-hybridized carbons (Fsp3) is 0.733. The lowest BCUT2D eigenvalue weighted by atomic mass is 9.81. The molecule has 9 heteroatoms. The summed E-state index contributed by atoms with van der Waals surface area (Å²) in [5.41, 5.74) is 5.58. The van der Waals surface area contributed by atoms with Crippen LogP contribution in [-0.2, 0) is 20.7 Å². The Morgan fingerprint density at radius 3 is 2.15 bits per heavy atom. The van der Waals surface area contributed by atoms with Crippen LogP contribution in [0.1, 0.15) is 66.4 Å². The quantitative estimate of drug-likeness (QED) is 0.193. The number of primary amides is 1. The maximum Gasteiger partial charge on any atom is 0.224 e. The SMILES string of the molecule is COCCCOc1cc(C[C@@H](C[C@H](O)[C@@H](O)C[C@H](C(=O)NCC(C)(C)C(N)=O)C(C)C)C(C)C)ccc1OC. The summed E-state index contributed by atoms with van der Waals surface area (Å²) < 4.78 is 16.4. The summed E-state index contributed by atoms with van der Waals surface area (Å²) >= 11 is 0. The summed E-state index contributed by atoms with van der Waals surface area (Å²) in [6.45, 7) is 12.6. The first-order chi connectivity index (χ1) is 18.2. The molecule has 0 spiro atoms. The van der Waals surface area contributed by atoms with Gasteiger partial charge in [0.25, 0.3) is 0 Å². The second kappa shape index (κ2) is 16.7. The molecule has 0 aliphatic rings. The Balaban J connectivity index is 2.87. The van der Waals surface area contributed by atoms with Crippen LogP contribution < -0.4 is 20.5 Å². The molecule has 0 saturated heterocycles. The molecule has 0 bridgehead atoms. The Kier molecular flexibility index (Phi) is 14.8. The lowest BCUT2D eigenvalue weighted by Crippen LogP contribution is -2.46. The number of nitrogens with two attached hydrogens (primary N) is 1. The monoisotopic (exact) mass is 552 g/mol. The smallest absolute Gasteiger partial charge is 0.224 e. The number of amides is 2. The van der Waals surface area contributed by atoms with E-state index in [0.717, 1.165) is 12.0 Å². The average molecular weight is 553 g/mol. The van der Waals surface area contributed by atoms with Gasteiger partial charge >= 0.3 is 0 Å². The zero-order chi connectivity index (χ0) is 29.8. The molecule has 0 fully saturated rings. The van der Waals surface area contributed by atoms with Crippen molar-refractivity contribution in [3.05, 3.63) is 23.8 Å². The van der Waals surface area contributed by atoms with Crippen LogP contribution in [0.25, 0.3) is 0 Å². The Hall–Kier alpha value is -2.36. The van der Waals surface area contributed by atoms with Crippen LogP contribution in [0, 0.1) is 29.1 Å². The summed E-state index contributed by atoms with van der Waals surface area (Å²) in [5.74, 6) is 0.320. The topological polar surface area (TPSA) is 140 Å². The highest BCUT2D eigenvalue weighted by molar-refractivity contribution is 5.83. The first-order valence-corrected chi connectivity index (χ1v) is 14.0. The van der Waals surface area contributed by atoms with Gasteiger partial charge in [-0.15, -0.1) is 0 Å². The number of benzene rings is 1. The van der Waals surface area contributed by atoms with Gasteiger partial charge in [-0.05, 0) is 68.6 Å². The van der Waals surface area contributed by atoms with Gasteiger partial charge in [-0.3, -0.25) is 9.59 Å². The number of rotatable bonds is 19. The van der Waals surface area contributed by atoms with E-state index in [2.05, 4.69) is 19.2 Å². The van der Waals surface area contributed by atoms with Crippen molar-refractivity contribution in [3.8, 4) is 11.5 Å². The van der Waals surface area contributed by atoms with Crippen LogP contribution >= 0.6 is 0 Å². The van der Waals surface area contributed by atoms with Crippen LogP contribution in [0.4, 0.5) is 0 Å². The van der Waals surface area contributed by atoms with Gasteiger partial charge < -0.3 is 35.5 Å². The fourth-order valence-electron chi connectivity index (χ4n) is 4.33. The molecule has 0 radical (unpaired) electrons. The predicted octanol–water partition coefficient (Wildman–Crippen LogP) is 3.33. The Morgan fingerprint density at radius 2 is 1.62 bits per heavy atom. The highest BCUT2D eigenvalue weighted by Crippen LogP contribution is 2.32. The number of aliphatic hydroxyl groups is 2. The Labute approximate surface area is 234 Å². The second-order valence-corrected chi connectivity index (χ2v) is 11.8. The Morgan fingerprint density at radius 1 is 0.974 bits per heavy atom. The summed E-state index contributed by atoms with van der Waals surface area (Å²) in [6.07, 6.45) is -0.0951. The average Bonchev–Trinajstić information content (AvgIpc) is 2.87. The molecule has 5 N–H and O–H groups in total. The van der Waals surface area contributed by atoms with Crippen LogP contribution in [0.2, 0.25) is 0 Å². The van der Waals surface area contributed by atoms with Gasteiger partial charge in [0.15, 0.2) is 11.5 Å². The molecule has 1 aromatic carbocycles. The summed E-state index contributed by atoms with van der Waals surface area (Å²) in [6, 6.07) is 5.84. The summed E-state index contributed by atoms with van der Waals surface area (Å²) in [5, 5.41) is 24.7. The van der Waals surface area contributed by atoms with Gasteiger partial charge in [0.1, 0.15) is 0 Å². The van der Waals surface area contributed by atoms with Crippen LogP contribution in [0.15, 0.2) is 18.2 Å². The number of carbonyl (C=O) groups excluding carboxylic acids is 2. The molecule has 0 aromatic heterocycles. The molecule has 0 aliphatic carbocycles. The van der Waals surface area contributed by atoms with Crippen molar-refractivity contribution in [2.24, 2.45) is 34.8 Å². The maximum atomic E-state index is 12.9. The lowest BCUT2D eigenvalue weighted by molar-refractivity contribution is -0.130. The van der Waals surface area contributed by atoms with Crippen molar-refractivity contribution >= 4 is 11.8 Å². The molecule has 224 valence electrons. The molecule has 0 unspecified atom stereocenters. The molecule has 4 atom stereocenters. The van der Waals surface area contributed by atoms with E-state index in [4.69, 9.17) is 19.9 Å². The Bertz CT molecular complexity index is 888. The number of carbonyl (C=O) groups is 2. The summed E-state index contributed by atoms with van der Waals surface area (Å²) in [4.78, 5) is 24.5. The molecular formula is C30H52N2O7. The van der Waals surface area contributed by atoms with Crippen molar-refractivity contribution < 1.29 is 34.0 Å². The van der Waals surface area contributed by atoms with Gasteiger partial charge in [0.05, 0.1) is 31.3 Å². The number of hydrogen-bond donors (Lipinski definition) is 4. The number of aliphatic hydroxyl groups excluding tert-OH is 2. The van der Waals surface area contributed by atoms with E-state index in [9.17, 15) is 19.8 Å². The predicted molar refractivity (Wildman–Crippen MR) is 153 cm³/mol. The van der Waals surface area contributed by atoms with E-state index >= 15 is 0 Å². The van der Waals surface area contributed by atoms with E-state index in [1.54, 1.807) is 28.1 Å². The number of hydrogen-bond acceptors (Lipinski definition) is 7. The van der Waals surface area contributed by atoms with Crippen molar-refractivity contribution in [3.63, 3.8) is 0 Å². The first-order valence-electron chi connectivity index (χ1n) is 14.0. The van der Waals surface area contributed by atoms with Crippen LogP contribution in [0.5, 0.6) is 11.5 Å². The standard InChI is InChI=1S/C30H52N2O7/c1-19(2)22(14-21-10-11-26(38-8)27(15-21)39-13-9-12-37-7)16-24(33)25(34)17-23(20(3)4)28(35)32-18-30(5,6)29(31)36/h10-11,15,19-20,22-25,33-34H,9,12-14,16-18H2,1-8H3,(H2,31,36)(H,32,35)/t22-,23-,24-,25-/m0/s1. The number of nitrogens with one attached hydrogen (secondary N) is 1. The van der Waals surface area contributed by atoms with Gasteiger partial charge in [0.2, 0.25) is 11.8 Å². The van der Waals surface area contributed by atoms with Gasteiger partial charge in [-0.1, -0.05) is 33.8 Å². The molecule has 1 rings (SSSR count). The van der Waals surface area contributed by atoms with Crippen LogP contribution in [0.3, 0.4) is 0 Å². The third-order valence-electron chi connectivity index (χ3n) is 7.42. The third kappa shape index (κ3) is 11.7. The van der Waals surface area contributed by atoms with Crippen molar-refractivity contribution in [1.82, 2.24) is 5.32 Å². The van der Waals surface area contributed by atoms with E-state index < -0.39 is 29.4 Å². The highest BCUT2D eigenvalue weighted by atomic mass is 16.5. The second-order valence-electron chi connectivity index (χ2n) is 11.8. The normalized spacial score (nSPS) is 15.1. The van der Waals surface area contributed by atoms with Gasteiger partial charge in [-0.2, -0.15) is 0 Å². The largest absolute Gasteiger partial charge is 0.493 e. The zero-order valence-electron chi connectivity index (χ0n) is 25.2. The van der Waals surface area contributed by atoms with E-state index in [0.29, 0.717) is 37.6 Å². The van der Waals surface area contributed by atoms with Gasteiger partial charge in [-0.25, -0.2) is 0 Å². The van der Waals surface area contributed by atoms with E-state index in [-0.39, 0.29) is 36.6 Å². The zero-order valence-corrected chi connectivity index (χ0v) is 25.2. The molecule has 1 aromatic rings. The molecule has 9 nitrogen and oxygen atoms in total. The van der Waals surface area contributed by atoms with Crippen molar-refractivity contribution in [2.45, 2.75) is 79.4 Å². The lowest BCUT2D eigenvalue weighted by Gasteiger charge is -2.30. The molecule has 39 heavy (non-hydrogen) atoms. The van der Waals surface area contributed by atoms with Crippen LogP contribution in [-0.4, -0.2) is 68.2 Å². The van der Waals surface area contributed by atoms with Crippen molar-refractivity contribution in [1.29, 1.82) is 0 Å². The summed E-state index contributed by atoms with van der Waals surface area (Å²) in [7, 11) is 3.26. The highest BCUT2D eigenvalue weighted by Gasteiger charge is 2.32.